The first kappa shape index (κ1) is 23.1. The quantitative estimate of drug-likeness (QED) is 0.485. The SMILES string of the molecule is N#Cc1ccc2c(c1)OCCC2=O.O=C1CCOc2cc(OS(=O)(=O)C(F)(F)F)ccc21. The molecule has 0 radical (unpaired) electrons. The molecule has 2 aliphatic rings. The summed E-state index contributed by atoms with van der Waals surface area (Å²) in [5.41, 5.74) is -4.22. The summed E-state index contributed by atoms with van der Waals surface area (Å²) < 4.78 is 72.2. The molecule has 2 aromatic carbocycles. The maximum Gasteiger partial charge on any atom is 0.534 e. The molecule has 0 unspecified atom stereocenters. The lowest BCUT2D eigenvalue weighted by molar-refractivity contribution is -0.0500. The van der Waals surface area contributed by atoms with Crippen LogP contribution in [0.5, 0.6) is 17.2 Å². The van der Waals surface area contributed by atoms with Crippen molar-refractivity contribution < 1.29 is 44.8 Å². The van der Waals surface area contributed by atoms with Gasteiger partial charge in [0.1, 0.15) is 17.2 Å². The van der Waals surface area contributed by atoms with E-state index >= 15 is 0 Å². The van der Waals surface area contributed by atoms with Crippen LogP contribution in [0.15, 0.2) is 36.4 Å². The van der Waals surface area contributed by atoms with Crippen molar-refractivity contribution in [1.29, 1.82) is 5.26 Å². The zero-order valence-electron chi connectivity index (χ0n) is 16.1. The Labute approximate surface area is 180 Å². The van der Waals surface area contributed by atoms with Crippen LogP contribution in [-0.2, 0) is 10.1 Å². The van der Waals surface area contributed by atoms with E-state index in [-0.39, 0.29) is 35.9 Å². The van der Waals surface area contributed by atoms with Gasteiger partial charge in [0.05, 0.1) is 36.0 Å². The molecule has 2 aliphatic heterocycles. The van der Waals surface area contributed by atoms with E-state index in [1.54, 1.807) is 18.2 Å². The van der Waals surface area contributed by atoms with Crippen molar-refractivity contribution in [2.24, 2.45) is 0 Å². The lowest BCUT2D eigenvalue weighted by Crippen LogP contribution is -2.28. The van der Waals surface area contributed by atoms with Crippen molar-refractivity contribution in [2.45, 2.75) is 18.3 Å². The van der Waals surface area contributed by atoms with Gasteiger partial charge in [0.15, 0.2) is 11.6 Å². The average Bonchev–Trinajstić information content (AvgIpc) is 2.73. The summed E-state index contributed by atoms with van der Waals surface area (Å²) >= 11 is 0. The van der Waals surface area contributed by atoms with E-state index in [2.05, 4.69) is 4.18 Å². The summed E-state index contributed by atoms with van der Waals surface area (Å²) in [6, 6.07) is 9.95. The van der Waals surface area contributed by atoms with Crippen molar-refractivity contribution in [3.05, 3.63) is 53.1 Å². The first-order chi connectivity index (χ1) is 15.0. The second-order valence-electron chi connectivity index (χ2n) is 6.51. The highest BCUT2D eigenvalue weighted by Crippen LogP contribution is 2.32. The first-order valence-corrected chi connectivity index (χ1v) is 10.4. The molecule has 0 atom stereocenters. The molecule has 4 rings (SSSR count). The molecule has 32 heavy (non-hydrogen) atoms. The van der Waals surface area contributed by atoms with Gasteiger partial charge in [-0.3, -0.25) is 9.59 Å². The number of nitriles is 1. The maximum atomic E-state index is 12.1. The molecular formula is C20H14F3NO7S. The summed E-state index contributed by atoms with van der Waals surface area (Å²) in [6.45, 7) is 0.502. The van der Waals surface area contributed by atoms with E-state index in [9.17, 15) is 31.2 Å². The van der Waals surface area contributed by atoms with Crippen LogP contribution in [0.3, 0.4) is 0 Å². The number of Topliss-reactive ketones (excluding diaryl/α,β-unsaturated/α-hetero) is 2. The van der Waals surface area contributed by atoms with Crippen molar-refractivity contribution in [1.82, 2.24) is 0 Å². The minimum absolute atomic E-state index is 0.00567. The van der Waals surface area contributed by atoms with Gasteiger partial charge in [0.25, 0.3) is 0 Å². The zero-order valence-corrected chi connectivity index (χ0v) is 17.0. The lowest BCUT2D eigenvalue weighted by Gasteiger charge is -2.17. The van der Waals surface area contributed by atoms with Gasteiger partial charge in [-0.1, -0.05) is 0 Å². The molecule has 0 aromatic heterocycles. The molecule has 0 saturated heterocycles. The Bertz CT molecular complexity index is 1220. The van der Waals surface area contributed by atoms with Crippen molar-refractivity contribution >= 4 is 21.7 Å². The van der Waals surface area contributed by atoms with Crippen molar-refractivity contribution in [3.63, 3.8) is 0 Å². The van der Waals surface area contributed by atoms with Crippen LogP contribution in [-0.4, -0.2) is 38.7 Å². The number of fused-ring (bicyclic) bond motifs is 2. The number of carbonyl (C=O) groups excluding carboxylic acids is 2. The van der Waals surface area contributed by atoms with Crippen LogP contribution in [0.25, 0.3) is 0 Å². The van der Waals surface area contributed by atoms with Crippen molar-refractivity contribution in [3.8, 4) is 23.3 Å². The fraction of sp³-hybridized carbons (Fsp3) is 0.250. The Kier molecular flexibility index (Phi) is 6.40. The van der Waals surface area contributed by atoms with E-state index in [1.807, 2.05) is 6.07 Å². The number of benzene rings is 2. The molecule has 8 nitrogen and oxygen atoms in total. The first-order valence-electron chi connectivity index (χ1n) is 9.03. The van der Waals surface area contributed by atoms with Crippen LogP contribution in [0, 0.1) is 11.3 Å². The number of ether oxygens (including phenoxy) is 2. The van der Waals surface area contributed by atoms with Gasteiger partial charge < -0.3 is 13.7 Å². The molecule has 0 bridgehead atoms. The van der Waals surface area contributed by atoms with Gasteiger partial charge in [-0.2, -0.15) is 26.9 Å². The second-order valence-corrected chi connectivity index (χ2v) is 8.05. The molecular weight excluding hydrogens is 455 g/mol. The number of hydrogen-bond donors (Lipinski definition) is 0. The molecule has 2 heterocycles. The van der Waals surface area contributed by atoms with Crippen LogP contribution in [0.1, 0.15) is 39.1 Å². The molecule has 0 spiro atoms. The molecule has 0 aliphatic carbocycles. The lowest BCUT2D eigenvalue weighted by atomic mass is 10.0. The Morgan fingerprint density at radius 1 is 0.906 bits per heavy atom. The molecule has 2 aromatic rings. The third-order valence-corrected chi connectivity index (χ3v) is 5.31. The Morgan fingerprint density at radius 2 is 1.44 bits per heavy atom. The fourth-order valence-electron chi connectivity index (χ4n) is 2.80. The average molecular weight is 469 g/mol. The normalized spacial score (nSPS) is 15.1. The monoisotopic (exact) mass is 469 g/mol. The minimum atomic E-state index is -5.73. The van der Waals surface area contributed by atoms with Gasteiger partial charge in [-0.25, -0.2) is 0 Å². The zero-order chi connectivity index (χ0) is 23.5. The second kappa shape index (κ2) is 8.88. The number of carbonyl (C=O) groups is 2. The van der Waals surface area contributed by atoms with Gasteiger partial charge >= 0.3 is 15.6 Å². The molecule has 0 amide bonds. The van der Waals surface area contributed by atoms with Crippen LogP contribution >= 0.6 is 0 Å². The Hall–Kier alpha value is -3.59. The number of rotatable bonds is 2. The smallest absolute Gasteiger partial charge is 0.492 e. The van der Waals surface area contributed by atoms with E-state index < -0.39 is 21.4 Å². The number of nitrogens with zero attached hydrogens (tertiary/aromatic N) is 1. The summed E-state index contributed by atoms with van der Waals surface area (Å²) in [6.07, 6.45) is 0.590. The van der Waals surface area contributed by atoms with Gasteiger partial charge in [-0.15, -0.1) is 0 Å². The predicted molar refractivity (Wildman–Crippen MR) is 102 cm³/mol. The van der Waals surface area contributed by atoms with Crippen molar-refractivity contribution in [2.75, 3.05) is 13.2 Å². The standard InChI is InChI=1S/C10H7F3O5S.C10H7NO2/c11-10(12,13)19(15,16)18-6-1-2-7-8(14)3-4-17-9(7)5-6;11-6-7-1-2-8-9(12)3-4-13-10(8)5-7/h1-2,5H,3-4H2;1-2,5H,3-4H2. The van der Waals surface area contributed by atoms with E-state index in [4.69, 9.17) is 14.7 Å². The van der Waals surface area contributed by atoms with E-state index in [0.29, 0.717) is 29.9 Å². The predicted octanol–water partition coefficient (Wildman–Crippen LogP) is 3.40. The van der Waals surface area contributed by atoms with E-state index in [0.717, 1.165) is 18.2 Å². The van der Waals surface area contributed by atoms with Crippen LogP contribution < -0.4 is 13.7 Å². The third kappa shape index (κ3) is 5.00. The number of halogens is 3. The molecule has 168 valence electrons. The fourth-order valence-corrected chi connectivity index (χ4v) is 3.25. The summed E-state index contributed by atoms with van der Waals surface area (Å²) in [4.78, 5) is 22.7. The highest BCUT2D eigenvalue weighted by molar-refractivity contribution is 7.88. The number of hydrogen-bond acceptors (Lipinski definition) is 8. The van der Waals surface area contributed by atoms with Gasteiger partial charge in [0.2, 0.25) is 0 Å². The third-order valence-electron chi connectivity index (χ3n) is 4.33. The van der Waals surface area contributed by atoms with Crippen LogP contribution in [0.2, 0.25) is 0 Å². The number of alkyl halides is 3. The Morgan fingerprint density at radius 3 is 1.97 bits per heavy atom. The molecule has 0 fully saturated rings. The highest BCUT2D eigenvalue weighted by atomic mass is 32.2. The summed E-state index contributed by atoms with van der Waals surface area (Å²) in [7, 11) is -5.73. The van der Waals surface area contributed by atoms with Gasteiger partial charge in [-0.05, 0) is 30.3 Å². The van der Waals surface area contributed by atoms with Crippen LogP contribution in [0.4, 0.5) is 13.2 Å². The maximum absolute atomic E-state index is 12.1. The summed E-state index contributed by atoms with van der Waals surface area (Å²) in [5, 5.41) is 8.61. The Balaban J connectivity index is 0.000000193. The highest BCUT2D eigenvalue weighted by Gasteiger charge is 2.48. The topological polar surface area (TPSA) is 120 Å². The molecule has 0 saturated carbocycles. The molecule has 12 heteroatoms. The minimum Gasteiger partial charge on any atom is -0.492 e. The number of ketones is 2. The molecule has 0 N–H and O–H groups in total. The van der Waals surface area contributed by atoms with E-state index in [1.165, 1.54) is 0 Å². The summed E-state index contributed by atoms with van der Waals surface area (Å²) in [5.74, 6) is -0.163. The largest absolute Gasteiger partial charge is 0.534 e. The van der Waals surface area contributed by atoms with Gasteiger partial charge in [0, 0.05) is 18.9 Å².